The number of hydrogen-bond acceptors (Lipinski definition) is 12. The van der Waals surface area contributed by atoms with Gasteiger partial charge in [-0.1, -0.05) is 25.8 Å². The molecule has 3 saturated heterocycles. The first-order valence-electron chi connectivity index (χ1n) is 23.4. The predicted molar refractivity (Wildman–Crippen MR) is 253 cm³/mol. The van der Waals surface area contributed by atoms with Crippen molar-refractivity contribution < 1.29 is 33.4 Å². The maximum atomic E-state index is 14.4. The topological polar surface area (TPSA) is 160 Å². The van der Waals surface area contributed by atoms with Gasteiger partial charge in [0.1, 0.15) is 12.1 Å². The SMILES string of the molecule is CCn1c(-c2cccnc2[C@H](C)OC)c2c3cc(ccc31)-c1csc(n1)C[C@H](NC(=O)CCO[C@@H]1CCN(C(=O)C#CC(C)(C)N3CCC3)C1)C(=O)N1CCC[C@H](N1)C(=O)OCC(C)(C)C2. The summed E-state index contributed by atoms with van der Waals surface area (Å²) in [7, 11) is 1.69. The zero-order valence-electron chi connectivity index (χ0n) is 39.4. The molecule has 4 aliphatic heterocycles. The number of aryl methyl sites for hydroxylation is 1. The standard InChI is InChI=1S/C50H64N8O7S/c1-8-57-41-15-14-33-26-36(41)37(46(57)35-12-9-20-51-45(35)32(2)63-7)28-49(3,4)31-65-48(62)38-13-10-23-58(54-38)47(61)39(27-43-53-40(33)30-66-43)52-42(59)18-25-64-34-17-24-55(29-34)44(60)16-19-50(5,6)56-21-11-22-56/h9,12,14-15,20,26,30,32,34,38-39,54H,8,10-11,13,17-18,21-25,27-29,31H2,1-7H3,(H,52,59)/t32-,34+,38-,39-/m0/s1. The Morgan fingerprint density at radius 2 is 1.94 bits per heavy atom. The highest BCUT2D eigenvalue weighted by atomic mass is 32.1. The second kappa shape index (κ2) is 20.0. The van der Waals surface area contributed by atoms with Gasteiger partial charge in [-0.15, -0.1) is 11.3 Å². The number of ether oxygens (including phenoxy) is 3. The Balaban J connectivity index is 1.03. The van der Waals surface area contributed by atoms with Crippen LogP contribution in [0.25, 0.3) is 33.4 Å². The number of fused-ring (bicyclic) bond motifs is 6. The van der Waals surface area contributed by atoms with Crippen molar-refractivity contribution in [2.45, 2.75) is 123 Å². The van der Waals surface area contributed by atoms with Crippen molar-refractivity contribution in [1.82, 2.24) is 40.1 Å². The molecule has 4 aliphatic rings. The highest BCUT2D eigenvalue weighted by Gasteiger charge is 2.36. The van der Waals surface area contributed by atoms with Crippen LogP contribution in [0.1, 0.15) is 96.0 Å². The lowest BCUT2D eigenvalue weighted by Gasteiger charge is -2.41. The Bertz CT molecular complexity index is 2520. The zero-order chi connectivity index (χ0) is 46.8. The van der Waals surface area contributed by atoms with E-state index < -0.39 is 23.5 Å². The third-order valence-electron chi connectivity index (χ3n) is 13.4. The van der Waals surface area contributed by atoms with Crippen LogP contribution in [-0.4, -0.2) is 130 Å². The van der Waals surface area contributed by atoms with Crippen LogP contribution in [0, 0.1) is 17.3 Å². The first-order chi connectivity index (χ1) is 31.6. The molecular weight excluding hydrogens is 857 g/mol. The molecule has 2 N–H and O–H groups in total. The Morgan fingerprint density at radius 1 is 1.12 bits per heavy atom. The summed E-state index contributed by atoms with van der Waals surface area (Å²) in [5, 5.41) is 8.18. The fourth-order valence-electron chi connectivity index (χ4n) is 9.44. The molecule has 66 heavy (non-hydrogen) atoms. The van der Waals surface area contributed by atoms with E-state index in [9.17, 15) is 19.2 Å². The van der Waals surface area contributed by atoms with Crippen molar-refractivity contribution >= 4 is 45.9 Å². The van der Waals surface area contributed by atoms with Gasteiger partial charge in [-0.25, -0.2) is 10.4 Å². The van der Waals surface area contributed by atoms with Gasteiger partial charge in [0.05, 0.1) is 53.1 Å². The molecule has 15 nitrogen and oxygen atoms in total. The largest absolute Gasteiger partial charge is 0.464 e. The third kappa shape index (κ3) is 10.4. The second-order valence-corrected chi connectivity index (χ2v) is 20.2. The molecule has 4 aromatic rings. The fraction of sp³-hybridized carbons (Fsp3) is 0.560. The molecule has 1 aromatic carbocycles. The molecule has 16 heteroatoms. The van der Waals surface area contributed by atoms with Crippen molar-refractivity contribution in [1.29, 1.82) is 0 Å². The van der Waals surface area contributed by atoms with Crippen molar-refractivity contribution in [3.8, 4) is 34.4 Å². The predicted octanol–water partition coefficient (Wildman–Crippen LogP) is 5.70. The Kier molecular flexibility index (Phi) is 14.3. The van der Waals surface area contributed by atoms with E-state index in [1.807, 2.05) is 32.2 Å². The van der Waals surface area contributed by atoms with Crippen molar-refractivity contribution in [2.75, 3.05) is 53.0 Å². The van der Waals surface area contributed by atoms with Gasteiger partial charge in [0.15, 0.2) is 0 Å². The number of aromatic nitrogens is 3. The number of cyclic esters (lactones) is 1. The van der Waals surface area contributed by atoms with E-state index >= 15 is 0 Å². The molecule has 3 aromatic heterocycles. The summed E-state index contributed by atoms with van der Waals surface area (Å²) in [6.07, 6.45) is 4.99. The van der Waals surface area contributed by atoms with E-state index in [2.05, 4.69) is 77.1 Å². The lowest BCUT2D eigenvalue weighted by atomic mass is 9.84. The molecule has 0 spiro atoms. The van der Waals surface area contributed by atoms with Crippen LogP contribution in [0.2, 0.25) is 0 Å². The lowest BCUT2D eigenvalue weighted by molar-refractivity contribution is -0.155. The minimum atomic E-state index is -0.964. The number of amides is 3. The summed E-state index contributed by atoms with van der Waals surface area (Å²) in [6, 6.07) is 8.77. The van der Waals surface area contributed by atoms with Crippen molar-refractivity contribution in [3.05, 3.63) is 58.2 Å². The summed E-state index contributed by atoms with van der Waals surface area (Å²) < 4.78 is 20.3. The minimum absolute atomic E-state index is 0.0198. The lowest BCUT2D eigenvalue weighted by Crippen LogP contribution is -2.60. The molecule has 0 radical (unpaired) electrons. The highest BCUT2D eigenvalue weighted by Crippen LogP contribution is 2.42. The number of carbonyl (C=O) groups excluding carboxylic acids is 4. The number of rotatable bonds is 10. The number of thiazole rings is 1. The molecule has 7 heterocycles. The van der Waals surface area contributed by atoms with Crippen LogP contribution >= 0.6 is 11.3 Å². The normalized spacial score (nSPS) is 22.0. The van der Waals surface area contributed by atoms with E-state index in [-0.39, 0.29) is 61.5 Å². The molecule has 4 atom stereocenters. The molecule has 8 rings (SSSR count). The van der Waals surface area contributed by atoms with Gasteiger partial charge >= 0.3 is 5.97 Å². The van der Waals surface area contributed by atoms with Crippen LogP contribution in [0.4, 0.5) is 0 Å². The van der Waals surface area contributed by atoms with E-state index in [1.165, 1.54) is 16.3 Å². The molecule has 6 bridgehead atoms. The number of hydrazine groups is 1. The van der Waals surface area contributed by atoms with Crippen LogP contribution in [-0.2, 0) is 52.8 Å². The van der Waals surface area contributed by atoms with E-state index in [0.29, 0.717) is 56.9 Å². The first-order valence-corrected chi connectivity index (χ1v) is 24.3. The smallest absolute Gasteiger partial charge is 0.324 e. The summed E-state index contributed by atoms with van der Waals surface area (Å²) in [4.78, 5) is 68.5. The second-order valence-electron chi connectivity index (χ2n) is 19.3. The quantitative estimate of drug-likeness (QED) is 0.149. The van der Waals surface area contributed by atoms with Crippen molar-refractivity contribution in [3.63, 3.8) is 0 Å². The fourth-order valence-corrected chi connectivity index (χ4v) is 10.3. The molecular formula is C50H64N8O7S. The number of hydrogen-bond donors (Lipinski definition) is 2. The average molecular weight is 921 g/mol. The van der Waals surface area contributed by atoms with Crippen LogP contribution in [0.15, 0.2) is 41.9 Å². The van der Waals surface area contributed by atoms with E-state index in [1.54, 1.807) is 18.2 Å². The molecule has 3 fully saturated rings. The number of pyridine rings is 1. The van der Waals surface area contributed by atoms with Gasteiger partial charge in [-0.05, 0) is 95.5 Å². The van der Waals surface area contributed by atoms with Gasteiger partial charge in [-0.2, -0.15) is 0 Å². The summed E-state index contributed by atoms with van der Waals surface area (Å²) in [5.41, 5.74) is 9.08. The number of carbonyl (C=O) groups is 4. The average Bonchev–Trinajstić information content (AvgIpc) is 4.03. The molecule has 352 valence electrons. The van der Waals surface area contributed by atoms with Crippen molar-refractivity contribution in [2.24, 2.45) is 5.41 Å². The third-order valence-corrected chi connectivity index (χ3v) is 14.3. The summed E-state index contributed by atoms with van der Waals surface area (Å²) in [6.45, 7) is 16.7. The van der Waals surface area contributed by atoms with Gasteiger partial charge in [0.2, 0.25) is 5.91 Å². The highest BCUT2D eigenvalue weighted by molar-refractivity contribution is 7.10. The minimum Gasteiger partial charge on any atom is -0.464 e. The number of nitrogens with one attached hydrogen (secondary N) is 2. The van der Waals surface area contributed by atoms with Crippen LogP contribution in [0.5, 0.6) is 0 Å². The molecule has 0 saturated carbocycles. The number of likely N-dealkylation sites (tertiary alicyclic amines) is 2. The number of esters is 1. The monoisotopic (exact) mass is 920 g/mol. The molecule has 0 aliphatic carbocycles. The Morgan fingerprint density at radius 3 is 2.70 bits per heavy atom. The molecule has 3 amide bonds. The van der Waals surface area contributed by atoms with Gasteiger partial charge in [0.25, 0.3) is 11.8 Å². The van der Waals surface area contributed by atoms with E-state index in [4.69, 9.17) is 24.2 Å². The van der Waals surface area contributed by atoms with E-state index in [0.717, 1.165) is 64.2 Å². The number of benzene rings is 1. The number of nitrogens with zero attached hydrogens (tertiary/aromatic N) is 6. The first kappa shape index (κ1) is 47.3. The summed E-state index contributed by atoms with van der Waals surface area (Å²) >= 11 is 1.44. The summed E-state index contributed by atoms with van der Waals surface area (Å²) in [5.74, 6) is 4.65. The maximum Gasteiger partial charge on any atom is 0.324 e. The molecule has 0 unspecified atom stereocenters. The van der Waals surface area contributed by atoms with Gasteiger partial charge in [0, 0.05) is 98.2 Å². The van der Waals surface area contributed by atoms with Gasteiger partial charge in [-0.3, -0.25) is 34.1 Å². The van der Waals surface area contributed by atoms with Gasteiger partial charge < -0.3 is 29.0 Å². The number of methoxy groups -OCH3 is 1. The Hall–Kier alpha value is -5.18. The zero-order valence-corrected chi connectivity index (χ0v) is 40.2. The van der Waals surface area contributed by atoms with Crippen LogP contribution < -0.4 is 10.7 Å². The maximum absolute atomic E-state index is 14.4. The Labute approximate surface area is 391 Å². The van der Waals surface area contributed by atoms with Crippen LogP contribution in [0.3, 0.4) is 0 Å².